The van der Waals surface area contributed by atoms with E-state index < -0.39 is 0 Å². The average Bonchev–Trinajstić information content (AvgIpc) is 2.13. The van der Waals surface area contributed by atoms with E-state index in [1.54, 1.807) is 12.1 Å². The molecule has 1 atom stereocenters. The minimum atomic E-state index is -0.0604. The maximum Gasteiger partial charge on any atom is 0.0595 e. The maximum absolute atomic E-state index is 8.98. The van der Waals surface area contributed by atoms with E-state index >= 15 is 0 Å². The lowest BCUT2D eigenvalue weighted by atomic mass is 10.0. The first-order chi connectivity index (χ1) is 6.19. The highest BCUT2D eigenvalue weighted by atomic mass is 35.5. The summed E-state index contributed by atoms with van der Waals surface area (Å²) in [5, 5.41) is 9.99. The first-order valence-electron chi connectivity index (χ1n) is 3.95. The van der Waals surface area contributed by atoms with Crippen molar-refractivity contribution in [2.45, 2.75) is 5.92 Å². The van der Waals surface area contributed by atoms with Crippen molar-refractivity contribution >= 4 is 23.2 Å². The Balaban J connectivity index is 2.95. The fourth-order valence-electron chi connectivity index (χ4n) is 1.08. The second-order valence-electron chi connectivity index (χ2n) is 2.79. The summed E-state index contributed by atoms with van der Waals surface area (Å²) in [6.07, 6.45) is 0. The van der Waals surface area contributed by atoms with Crippen LogP contribution in [-0.2, 0) is 0 Å². The largest absolute Gasteiger partial charge is 0.396 e. The third-order valence-electron chi connectivity index (χ3n) is 1.92. The molecule has 4 heteroatoms. The molecule has 0 aliphatic heterocycles. The summed E-state index contributed by atoms with van der Waals surface area (Å²) in [6, 6.07) is 5.26. The molecular formula is C9H11Cl2NO. The summed E-state index contributed by atoms with van der Waals surface area (Å²) in [6.45, 7) is 0.420. The molecule has 0 radical (unpaired) electrons. The number of halogens is 2. The molecule has 0 heterocycles. The molecule has 0 spiro atoms. The molecule has 1 aromatic carbocycles. The van der Waals surface area contributed by atoms with Crippen LogP contribution in [0.25, 0.3) is 0 Å². The Labute approximate surface area is 87.3 Å². The molecule has 0 aromatic heterocycles. The number of rotatable bonds is 3. The molecule has 0 unspecified atom stereocenters. The van der Waals surface area contributed by atoms with Crippen LogP contribution in [0.3, 0.4) is 0 Å². The summed E-state index contributed by atoms with van der Waals surface area (Å²) < 4.78 is 0. The van der Waals surface area contributed by atoms with Crippen LogP contribution in [0, 0.1) is 0 Å². The number of benzene rings is 1. The maximum atomic E-state index is 8.98. The third-order valence-corrected chi connectivity index (χ3v) is 2.66. The second-order valence-corrected chi connectivity index (χ2v) is 3.60. The standard InChI is InChI=1S/C9H11Cl2NO/c10-8-2-1-6(3-9(8)11)7(4-12)5-13/h1-3,7,13H,4-5,12H2/t7-/m1/s1. The average molecular weight is 220 g/mol. The van der Waals surface area contributed by atoms with Crippen molar-refractivity contribution in [1.29, 1.82) is 0 Å². The van der Waals surface area contributed by atoms with Crippen molar-refractivity contribution in [3.05, 3.63) is 33.8 Å². The molecule has 72 valence electrons. The molecule has 1 rings (SSSR count). The smallest absolute Gasteiger partial charge is 0.0595 e. The molecule has 0 amide bonds. The summed E-state index contributed by atoms with van der Waals surface area (Å²) in [5.74, 6) is -0.0604. The lowest BCUT2D eigenvalue weighted by molar-refractivity contribution is 0.268. The molecule has 0 aliphatic carbocycles. The van der Waals surface area contributed by atoms with Gasteiger partial charge in [0, 0.05) is 12.5 Å². The molecule has 1 aromatic rings. The lowest BCUT2D eigenvalue weighted by Gasteiger charge is -2.12. The van der Waals surface area contributed by atoms with Crippen molar-refractivity contribution in [3.63, 3.8) is 0 Å². The highest BCUT2D eigenvalue weighted by molar-refractivity contribution is 6.42. The van der Waals surface area contributed by atoms with Crippen LogP contribution in [0.15, 0.2) is 18.2 Å². The molecule has 3 N–H and O–H groups in total. The number of hydrogen-bond donors (Lipinski definition) is 2. The summed E-state index contributed by atoms with van der Waals surface area (Å²) in [7, 11) is 0. The lowest BCUT2D eigenvalue weighted by Crippen LogP contribution is -2.15. The van der Waals surface area contributed by atoms with E-state index in [1.807, 2.05) is 6.07 Å². The molecule has 0 bridgehead atoms. The second kappa shape index (κ2) is 4.82. The van der Waals surface area contributed by atoms with Crippen LogP contribution in [0.5, 0.6) is 0 Å². The number of aliphatic hydroxyl groups is 1. The zero-order chi connectivity index (χ0) is 9.84. The first-order valence-corrected chi connectivity index (χ1v) is 4.70. The SMILES string of the molecule is NC[C@H](CO)c1ccc(Cl)c(Cl)c1. The highest BCUT2D eigenvalue weighted by Gasteiger charge is 2.09. The van der Waals surface area contributed by atoms with Gasteiger partial charge in [-0.05, 0) is 17.7 Å². The number of nitrogens with two attached hydrogens (primary N) is 1. The van der Waals surface area contributed by atoms with Crippen molar-refractivity contribution in [2.75, 3.05) is 13.2 Å². The predicted molar refractivity (Wildman–Crippen MR) is 55.3 cm³/mol. The van der Waals surface area contributed by atoms with Crippen molar-refractivity contribution < 1.29 is 5.11 Å². The highest BCUT2D eigenvalue weighted by Crippen LogP contribution is 2.25. The van der Waals surface area contributed by atoms with Gasteiger partial charge in [-0.25, -0.2) is 0 Å². The Hall–Kier alpha value is -0.280. The van der Waals surface area contributed by atoms with Gasteiger partial charge in [0.15, 0.2) is 0 Å². The van der Waals surface area contributed by atoms with Gasteiger partial charge < -0.3 is 10.8 Å². The van der Waals surface area contributed by atoms with E-state index in [-0.39, 0.29) is 12.5 Å². The predicted octanol–water partition coefficient (Wildman–Crippen LogP) is 2.03. The molecular weight excluding hydrogens is 209 g/mol. The Morgan fingerprint density at radius 2 is 2.00 bits per heavy atom. The zero-order valence-corrected chi connectivity index (χ0v) is 8.52. The molecule has 0 aliphatic rings. The van der Waals surface area contributed by atoms with Crippen LogP contribution < -0.4 is 5.73 Å². The molecule has 0 fully saturated rings. The van der Waals surface area contributed by atoms with Gasteiger partial charge in [0.25, 0.3) is 0 Å². The van der Waals surface area contributed by atoms with E-state index in [0.717, 1.165) is 5.56 Å². The third kappa shape index (κ3) is 2.58. The number of hydrogen-bond acceptors (Lipinski definition) is 2. The minimum Gasteiger partial charge on any atom is -0.396 e. The van der Waals surface area contributed by atoms with Crippen LogP contribution in [0.1, 0.15) is 11.5 Å². The summed E-state index contributed by atoms with van der Waals surface area (Å²) in [5.41, 5.74) is 6.38. The van der Waals surface area contributed by atoms with Gasteiger partial charge in [-0.2, -0.15) is 0 Å². The fraction of sp³-hybridized carbons (Fsp3) is 0.333. The van der Waals surface area contributed by atoms with Crippen LogP contribution in [-0.4, -0.2) is 18.3 Å². The minimum absolute atomic E-state index is 0.0223. The van der Waals surface area contributed by atoms with Gasteiger partial charge in [-0.3, -0.25) is 0 Å². The van der Waals surface area contributed by atoms with E-state index in [9.17, 15) is 0 Å². The molecule has 2 nitrogen and oxygen atoms in total. The molecule has 13 heavy (non-hydrogen) atoms. The summed E-state index contributed by atoms with van der Waals surface area (Å²) in [4.78, 5) is 0. The Kier molecular flexibility index (Phi) is 4.00. The first kappa shape index (κ1) is 10.8. The van der Waals surface area contributed by atoms with Crippen LogP contribution in [0.2, 0.25) is 10.0 Å². The molecule has 0 saturated heterocycles. The van der Waals surface area contributed by atoms with Crippen LogP contribution in [0.4, 0.5) is 0 Å². The van der Waals surface area contributed by atoms with Crippen LogP contribution >= 0.6 is 23.2 Å². The topological polar surface area (TPSA) is 46.2 Å². The quantitative estimate of drug-likeness (QED) is 0.818. The van der Waals surface area contributed by atoms with E-state index in [0.29, 0.717) is 16.6 Å². The number of aliphatic hydroxyl groups excluding tert-OH is 1. The van der Waals surface area contributed by atoms with Gasteiger partial charge in [0.1, 0.15) is 0 Å². The van der Waals surface area contributed by atoms with Crippen molar-refractivity contribution in [2.24, 2.45) is 5.73 Å². The normalized spacial score (nSPS) is 12.9. The van der Waals surface area contributed by atoms with Gasteiger partial charge in [0.2, 0.25) is 0 Å². The fourth-order valence-corrected chi connectivity index (χ4v) is 1.39. The Morgan fingerprint density at radius 1 is 1.31 bits per heavy atom. The zero-order valence-electron chi connectivity index (χ0n) is 7.00. The summed E-state index contributed by atoms with van der Waals surface area (Å²) >= 11 is 11.6. The van der Waals surface area contributed by atoms with E-state index in [2.05, 4.69) is 0 Å². The van der Waals surface area contributed by atoms with Gasteiger partial charge in [0.05, 0.1) is 16.7 Å². The van der Waals surface area contributed by atoms with E-state index in [4.69, 9.17) is 34.0 Å². The van der Waals surface area contributed by atoms with Crippen molar-refractivity contribution in [3.8, 4) is 0 Å². The van der Waals surface area contributed by atoms with Gasteiger partial charge >= 0.3 is 0 Å². The van der Waals surface area contributed by atoms with Crippen molar-refractivity contribution in [1.82, 2.24) is 0 Å². The monoisotopic (exact) mass is 219 g/mol. The van der Waals surface area contributed by atoms with E-state index in [1.165, 1.54) is 0 Å². The Bertz CT molecular complexity index is 287. The van der Waals surface area contributed by atoms with Gasteiger partial charge in [-0.1, -0.05) is 29.3 Å². The van der Waals surface area contributed by atoms with Gasteiger partial charge in [-0.15, -0.1) is 0 Å². The Morgan fingerprint density at radius 3 is 2.46 bits per heavy atom. The molecule has 0 saturated carbocycles.